The number of nitrogens with zero attached hydrogens (tertiary/aromatic N) is 2. The van der Waals surface area contributed by atoms with Gasteiger partial charge in [0.05, 0.1) is 5.56 Å². The second kappa shape index (κ2) is 6.45. The van der Waals surface area contributed by atoms with Gasteiger partial charge in [-0.15, -0.1) is 24.8 Å². The van der Waals surface area contributed by atoms with E-state index in [1.54, 1.807) is 6.07 Å². The molecule has 1 heterocycles. The maximum atomic E-state index is 10.4. The highest BCUT2D eigenvalue weighted by atomic mass is 35.5. The standard InChI is InChI=1S/C8H10N2O2.2ClH/c1-10(2)7-4-3-6(5-9-7)8(11)12;;/h3-5H,1-2H3,(H,11,12);2*1H. The van der Waals surface area contributed by atoms with E-state index in [1.165, 1.54) is 12.3 Å². The lowest BCUT2D eigenvalue weighted by Crippen LogP contribution is -2.10. The molecule has 4 nitrogen and oxygen atoms in total. The zero-order valence-electron chi connectivity index (χ0n) is 7.80. The number of hydrogen-bond donors (Lipinski definition) is 1. The van der Waals surface area contributed by atoms with Gasteiger partial charge in [0, 0.05) is 20.3 Å². The van der Waals surface area contributed by atoms with Gasteiger partial charge in [0.1, 0.15) is 5.82 Å². The Bertz CT molecular complexity index is 288. The Kier molecular flexibility index (Phi) is 7.13. The molecule has 0 spiro atoms. The molecule has 0 aliphatic rings. The summed E-state index contributed by atoms with van der Waals surface area (Å²) in [6.45, 7) is 0. The van der Waals surface area contributed by atoms with E-state index in [9.17, 15) is 4.79 Å². The van der Waals surface area contributed by atoms with Crippen molar-refractivity contribution in [2.45, 2.75) is 0 Å². The molecule has 0 saturated carbocycles. The van der Waals surface area contributed by atoms with Gasteiger partial charge in [-0.1, -0.05) is 0 Å². The molecule has 1 N–H and O–H groups in total. The predicted octanol–water partition coefficient (Wildman–Crippen LogP) is 1.69. The number of hydrogen-bond acceptors (Lipinski definition) is 3. The van der Waals surface area contributed by atoms with Crippen molar-refractivity contribution in [3.8, 4) is 0 Å². The highest BCUT2D eigenvalue weighted by Gasteiger charge is 2.02. The first-order chi connectivity index (χ1) is 5.61. The predicted molar refractivity (Wildman–Crippen MR) is 60.0 cm³/mol. The number of rotatable bonds is 2. The summed E-state index contributed by atoms with van der Waals surface area (Å²) in [7, 11) is 3.70. The molecular weight excluding hydrogens is 227 g/mol. The second-order valence-corrected chi connectivity index (χ2v) is 2.60. The summed E-state index contributed by atoms with van der Waals surface area (Å²) in [4.78, 5) is 16.2. The minimum atomic E-state index is -0.951. The van der Waals surface area contributed by atoms with E-state index in [2.05, 4.69) is 4.98 Å². The molecule has 14 heavy (non-hydrogen) atoms. The molecule has 0 unspecified atom stereocenters. The van der Waals surface area contributed by atoms with Crippen LogP contribution in [0.3, 0.4) is 0 Å². The summed E-state index contributed by atoms with van der Waals surface area (Å²) >= 11 is 0. The first kappa shape index (κ1) is 15.5. The van der Waals surface area contributed by atoms with Crippen LogP contribution in [0.25, 0.3) is 0 Å². The third kappa shape index (κ3) is 3.81. The van der Waals surface area contributed by atoms with Gasteiger partial charge in [-0.25, -0.2) is 9.78 Å². The number of aromatic nitrogens is 1. The van der Waals surface area contributed by atoms with Crippen molar-refractivity contribution >= 4 is 36.6 Å². The van der Waals surface area contributed by atoms with E-state index in [-0.39, 0.29) is 30.4 Å². The molecular formula is C8H12Cl2N2O2. The van der Waals surface area contributed by atoms with E-state index in [4.69, 9.17) is 5.11 Å². The molecule has 0 bridgehead atoms. The van der Waals surface area contributed by atoms with E-state index in [0.717, 1.165) is 5.82 Å². The first-order valence-corrected chi connectivity index (χ1v) is 3.48. The Balaban J connectivity index is 0. The number of carboxylic acid groups (broad SMARTS) is 1. The van der Waals surface area contributed by atoms with Crippen LogP contribution < -0.4 is 4.90 Å². The van der Waals surface area contributed by atoms with Gasteiger partial charge in [-0.3, -0.25) is 0 Å². The van der Waals surface area contributed by atoms with E-state index in [0.29, 0.717) is 0 Å². The molecule has 0 aliphatic heterocycles. The molecule has 1 rings (SSSR count). The van der Waals surface area contributed by atoms with Crippen LogP contribution >= 0.6 is 24.8 Å². The van der Waals surface area contributed by atoms with Gasteiger partial charge >= 0.3 is 5.97 Å². The van der Waals surface area contributed by atoms with Gasteiger partial charge in [0.2, 0.25) is 0 Å². The zero-order chi connectivity index (χ0) is 9.14. The Hall–Kier alpha value is -1.000. The Morgan fingerprint density at radius 3 is 2.21 bits per heavy atom. The molecule has 0 amide bonds. The molecule has 0 radical (unpaired) electrons. The largest absolute Gasteiger partial charge is 0.478 e. The van der Waals surface area contributed by atoms with Crippen LogP contribution in [-0.2, 0) is 0 Å². The van der Waals surface area contributed by atoms with Crippen molar-refractivity contribution in [1.29, 1.82) is 0 Å². The van der Waals surface area contributed by atoms with Crippen molar-refractivity contribution in [1.82, 2.24) is 4.98 Å². The van der Waals surface area contributed by atoms with Crippen LogP contribution in [0.2, 0.25) is 0 Å². The third-order valence-electron chi connectivity index (χ3n) is 1.45. The van der Waals surface area contributed by atoms with Crippen LogP contribution in [0, 0.1) is 0 Å². The normalized spacial score (nSPS) is 8.14. The zero-order valence-corrected chi connectivity index (χ0v) is 9.43. The number of halogens is 2. The fourth-order valence-corrected chi connectivity index (χ4v) is 0.777. The smallest absolute Gasteiger partial charge is 0.337 e. The maximum Gasteiger partial charge on any atom is 0.337 e. The fraction of sp³-hybridized carbons (Fsp3) is 0.250. The number of carboxylic acids is 1. The second-order valence-electron chi connectivity index (χ2n) is 2.60. The quantitative estimate of drug-likeness (QED) is 0.853. The minimum Gasteiger partial charge on any atom is -0.478 e. The first-order valence-electron chi connectivity index (χ1n) is 3.48. The van der Waals surface area contributed by atoms with Crippen LogP contribution in [0.1, 0.15) is 10.4 Å². The molecule has 0 atom stereocenters. The lowest BCUT2D eigenvalue weighted by Gasteiger charge is -2.09. The molecule has 0 aliphatic carbocycles. The van der Waals surface area contributed by atoms with Gasteiger partial charge in [0.25, 0.3) is 0 Å². The van der Waals surface area contributed by atoms with Crippen LogP contribution in [-0.4, -0.2) is 30.2 Å². The minimum absolute atomic E-state index is 0. The van der Waals surface area contributed by atoms with Crippen molar-refractivity contribution in [2.24, 2.45) is 0 Å². The summed E-state index contributed by atoms with van der Waals surface area (Å²) in [5.41, 5.74) is 0.209. The Labute approximate surface area is 94.8 Å². The van der Waals surface area contributed by atoms with Crippen molar-refractivity contribution in [3.05, 3.63) is 23.9 Å². The number of pyridine rings is 1. The average molecular weight is 239 g/mol. The van der Waals surface area contributed by atoms with Crippen LogP contribution in [0.5, 0.6) is 0 Å². The fourth-order valence-electron chi connectivity index (χ4n) is 0.777. The maximum absolute atomic E-state index is 10.4. The topological polar surface area (TPSA) is 53.4 Å². The number of aromatic carboxylic acids is 1. The summed E-state index contributed by atoms with van der Waals surface area (Å²) in [6.07, 6.45) is 1.34. The molecule has 0 aromatic carbocycles. The van der Waals surface area contributed by atoms with Gasteiger partial charge in [-0.05, 0) is 12.1 Å². The molecule has 6 heteroatoms. The SMILES string of the molecule is CN(C)c1ccc(C(=O)O)cn1.Cl.Cl. The van der Waals surface area contributed by atoms with Gasteiger partial charge < -0.3 is 10.0 Å². The lowest BCUT2D eigenvalue weighted by molar-refractivity contribution is 0.0696. The molecule has 0 saturated heterocycles. The highest BCUT2D eigenvalue weighted by Crippen LogP contribution is 2.07. The monoisotopic (exact) mass is 238 g/mol. The molecule has 1 aromatic rings. The van der Waals surface area contributed by atoms with Crippen LogP contribution in [0.4, 0.5) is 5.82 Å². The Morgan fingerprint density at radius 1 is 1.36 bits per heavy atom. The molecule has 1 aromatic heterocycles. The lowest BCUT2D eigenvalue weighted by atomic mass is 10.3. The van der Waals surface area contributed by atoms with E-state index < -0.39 is 5.97 Å². The highest BCUT2D eigenvalue weighted by molar-refractivity contribution is 5.87. The van der Waals surface area contributed by atoms with Crippen LogP contribution in [0.15, 0.2) is 18.3 Å². The summed E-state index contributed by atoms with van der Waals surface area (Å²) < 4.78 is 0. The molecule has 80 valence electrons. The summed E-state index contributed by atoms with van der Waals surface area (Å²) in [5, 5.41) is 8.56. The van der Waals surface area contributed by atoms with E-state index >= 15 is 0 Å². The van der Waals surface area contributed by atoms with Crippen molar-refractivity contribution in [3.63, 3.8) is 0 Å². The average Bonchev–Trinajstić information content (AvgIpc) is 2.04. The molecule has 0 fully saturated rings. The van der Waals surface area contributed by atoms with Gasteiger partial charge in [0.15, 0.2) is 0 Å². The van der Waals surface area contributed by atoms with E-state index in [1.807, 2.05) is 19.0 Å². The summed E-state index contributed by atoms with van der Waals surface area (Å²) in [5.74, 6) is -0.201. The summed E-state index contributed by atoms with van der Waals surface area (Å²) in [6, 6.07) is 3.20. The Morgan fingerprint density at radius 2 is 1.93 bits per heavy atom. The number of anilines is 1. The third-order valence-corrected chi connectivity index (χ3v) is 1.45. The number of carbonyl (C=O) groups is 1. The van der Waals surface area contributed by atoms with Gasteiger partial charge in [-0.2, -0.15) is 0 Å². The van der Waals surface area contributed by atoms with Crippen molar-refractivity contribution in [2.75, 3.05) is 19.0 Å². The van der Waals surface area contributed by atoms with Crippen molar-refractivity contribution < 1.29 is 9.90 Å².